The summed E-state index contributed by atoms with van der Waals surface area (Å²) in [6.45, 7) is 0.352. The molecule has 1 fully saturated rings. The summed E-state index contributed by atoms with van der Waals surface area (Å²) >= 11 is 12.2. The van der Waals surface area contributed by atoms with Crippen molar-refractivity contribution in [3.8, 4) is 11.1 Å². The van der Waals surface area contributed by atoms with Gasteiger partial charge in [-0.1, -0.05) is 29.3 Å². The van der Waals surface area contributed by atoms with Gasteiger partial charge in [-0.15, -0.1) is 0 Å². The molecule has 1 aliphatic heterocycles. The van der Waals surface area contributed by atoms with E-state index >= 15 is 0 Å². The zero-order valence-electron chi connectivity index (χ0n) is 13.3. The molecule has 1 saturated heterocycles. The second kappa shape index (κ2) is 6.83. The fourth-order valence-electron chi connectivity index (χ4n) is 2.62. The van der Waals surface area contributed by atoms with Crippen molar-refractivity contribution < 1.29 is 17.9 Å². The summed E-state index contributed by atoms with van der Waals surface area (Å²) in [5, 5.41) is 0.872. The molecule has 0 N–H and O–H groups in total. The van der Waals surface area contributed by atoms with Crippen LogP contribution < -0.4 is 0 Å². The zero-order chi connectivity index (χ0) is 18.2. The topological polar surface area (TPSA) is 60.4 Å². The fourth-order valence-corrected chi connectivity index (χ4v) is 3.79. The lowest BCUT2D eigenvalue weighted by Gasteiger charge is -2.11. The van der Waals surface area contributed by atoms with Gasteiger partial charge < -0.3 is 4.74 Å². The van der Waals surface area contributed by atoms with Crippen LogP contribution in [0.3, 0.4) is 0 Å². The van der Waals surface area contributed by atoms with Crippen molar-refractivity contribution in [2.24, 2.45) is 0 Å². The van der Waals surface area contributed by atoms with Gasteiger partial charge in [-0.05, 0) is 53.1 Å². The van der Waals surface area contributed by atoms with E-state index in [1.54, 1.807) is 36.4 Å². The van der Waals surface area contributed by atoms with Gasteiger partial charge in [0.05, 0.1) is 11.5 Å². The molecule has 3 rings (SSSR count). The van der Waals surface area contributed by atoms with E-state index in [1.807, 2.05) is 0 Å². The maximum atomic E-state index is 11.9. The Balaban J connectivity index is 2.23. The van der Waals surface area contributed by atoms with Gasteiger partial charge in [0, 0.05) is 28.3 Å². The Morgan fingerprint density at radius 3 is 2.32 bits per heavy atom. The Bertz CT molecular complexity index is 974. The SMILES string of the molecule is CS(=O)(=O)c1ccc(/C=C2/CCOC2=O)c(-c2cc(Cl)cc(Cl)c2)c1. The maximum Gasteiger partial charge on any atom is 0.334 e. The lowest BCUT2D eigenvalue weighted by molar-refractivity contribution is -0.134. The quantitative estimate of drug-likeness (QED) is 0.569. The number of sulfone groups is 1. The largest absolute Gasteiger partial charge is 0.462 e. The van der Waals surface area contributed by atoms with Crippen LogP contribution in [0.15, 0.2) is 46.9 Å². The average molecular weight is 397 g/mol. The number of ether oxygens (including phenoxy) is 1. The van der Waals surface area contributed by atoms with Gasteiger partial charge in [-0.3, -0.25) is 0 Å². The number of rotatable bonds is 3. The molecule has 2 aromatic rings. The van der Waals surface area contributed by atoms with Crippen LogP contribution in [-0.2, 0) is 19.4 Å². The van der Waals surface area contributed by atoms with Crippen molar-refractivity contribution in [1.82, 2.24) is 0 Å². The van der Waals surface area contributed by atoms with Gasteiger partial charge >= 0.3 is 5.97 Å². The van der Waals surface area contributed by atoms with Crippen molar-refractivity contribution in [2.45, 2.75) is 11.3 Å². The second-order valence-corrected chi connectivity index (χ2v) is 8.62. The summed E-state index contributed by atoms with van der Waals surface area (Å²) in [6, 6.07) is 9.73. The van der Waals surface area contributed by atoms with Crippen molar-refractivity contribution >= 4 is 45.1 Å². The number of hydrogen-bond donors (Lipinski definition) is 0. The maximum absolute atomic E-state index is 11.9. The van der Waals surface area contributed by atoms with E-state index in [2.05, 4.69) is 0 Å². The normalized spacial score (nSPS) is 16.3. The number of carbonyl (C=O) groups is 1. The lowest BCUT2D eigenvalue weighted by Crippen LogP contribution is -1.99. The molecule has 0 bridgehead atoms. The van der Waals surface area contributed by atoms with Gasteiger partial charge in [-0.2, -0.15) is 0 Å². The number of hydrogen-bond acceptors (Lipinski definition) is 4. The van der Waals surface area contributed by atoms with E-state index in [1.165, 1.54) is 6.07 Å². The van der Waals surface area contributed by atoms with Crippen LogP contribution in [0.5, 0.6) is 0 Å². The van der Waals surface area contributed by atoms with Crippen LogP contribution in [-0.4, -0.2) is 27.2 Å². The van der Waals surface area contributed by atoms with Crippen LogP contribution in [0, 0.1) is 0 Å². The minimum atomic E-state index is -3.39. The highest BCUT2D eigenvalue weighted by Gasteiger charge is 2.20. The van der Waals surface area contributed by atoms with Gasteiger partial charge in [0.15, 0.2) is 9.84 Å². The van der Waals surface area contributed by atoms with E-state index < -0.39 is 9.84 Å². The van der Waals surface area contributed by atoms with Crippen LogP contribution >= 0.6 is 23.2 Å². The van der Waals surface area contributed by atoms with Crippen molar-refractivity contribution in [3.63, 3.8) is 0 Å². The molecule has 2 aromatic carbocycles. The summed E-state index contributed by atoms with van der Waals surface area (Å²) in [7, 11) is -3.39. The Morgan fingerprint density at radius 2 is 1.76 bits per heavy atom. The third kappa shape index (κ3) is 4.06. The molecular formula is C18H14Cl2O4S. The highest BCUT2D eigenvalue weighted by Crippen LogP contribution is 2.33. The third-order valence-corrected chi connectivity index (χ3v) is 5.37. The predicted molar refractivity (Wildman–Crippen MR) is 98.6 cm³/mol. The molecule has 130 valence electrons. The minimum Gasteiger partial charge on any atom is -0.462 e. The molecule has 1 aliphatic rings. The summed E-state index contributed by atoms with van der Waals surface area (Å²) in [6.07, 6.45) is 3.37. The highest BCUT2D eigenvalue weighted by atomic mass is 35.5. The number of halogens is 2. The first-order chi connectivity index (χ1) is 11.7. The van der Waals surface area contributed by atoms with Crippen LogP contribution in [0.4, 0.5) is 0 Å². The second-order valence-electron chi connectivity index (χ2n) is 5.73. The first kappa shape index (κ1) is 18.0. The molecule has 0 saturated carbocycles. The molecule has 4 nitrogen and oxygen atoms in total. The van der Waals surface area contributed by atoms with Crippen molar-refractivity contribution in [2.75, 3.05) is 12.9 Å². The molecule has 0 aromatic heterocycles. The van der Waals surface area contributed by atoms with Crippen LogP contribution in [0.2, 0.25) is 10.0 Å². The number of carbonyl (C=O) groups excluding carboxylic acids is 1. The molecule has 0 amide bonds. The Kier molecular flexibility index (Phi) is 4.91. The van der Waals surface area contributed by atoms with Crippen molar-refractivity contribution in [1.29, 1.82) is 0 Å². The average Bonchev–Trinajstić information content (AvgIpc) is 2.91. The van der Waals surface area contributed by atoms with E-state index in [0.29, 0.717) is 45.3 Å². The third-order valence-electron chi connectivity index (χ3n) is 3.82. The number of benzene rings is 2. The van der Waals surface area contributed by atoms with E-state index in [4.69, 9.17) is 27.9 Å². The molecule has 0 unspecified atom stereocenters. The smallest absolute Gasteiger partial charge is 0.334 e. The van der Waals surface area contributed by atoms with Gasteiger partial charge in [-0.25, -0.2) is 13.2 Å². The molecule has 7 heteroatoms. The van der Waals surface area contributed by atoms with E-state index in [0.717, 1.165) is 6.26 Å². The van der Waals surface area contributed by atoms with Gasteiger partial charge in [0.25, 0.3) is 0 Å². The van der Waals surface area contributed by atoms with Gasteiger partial charge in [0.2, 0.25) is 0 Å². The molecular weight excluding hydrogens is 383 g/mol. The van der Waals surface area contributed by atoms with Crippen LogP contribution in [0.25, 0.3) is 17.2 Å². The van der Waals surface area contributed by atoms with E-state index in [-0.39, 0.29) is 10.9 Å². The Morgan fingerprint density at radius 1 is 1.08 bits per heavy atom. The molecule has 0 radical (unpaired) electrons. The van der Waals surface area contributed by atoms with Crippen LogP contribution in [0.1, 0.15) is 12.0 Å². The Hall–Kier alpha value is -1.82. The van der Waals surface area contributed by atoms with E-state index in [9.17, 15) is 13.2 Å². The monoisotopic (exact) mass is 396 g/mol. The summed E-state index contributed by atoms with van der Waals surface area (Å²) in [5.74, 6) is -0.359. The number of esters is 1. The summed E-state index contributed by atoms with van der Waals surface area (Å²) in [5.41, 5.74) is 2.53. The predicted octanol–water partition coefficient (Wildman–Crippen LogP) is 4.39. The first-order valence-corrected chi connectivity index (χ1v) is 10.1. The summed E-state index contributed by atoms with van der Waals surface area (Å²) < 4.78 is 28.8. The Labute approximate surface area is 155 Å². The molecule has 1 heterocycles. The minimum absolute atomic E-state index is 0.176. The molecule has 0 spiro atoms. The highest BCUT2D eigenvalue weighted by molar-refractivity contribution is 7.90. The van der Waals surface area contributed by atoms with Gasteiger partial charge in [0.1, 0.15) is 0 Å². The zero-order valence-corrected chi connectivity index (χ0v) is 15.6. The first-order valence-electron chi connectivity index (χ1n) is 7.42. The number of cyclic esters (lactones) is 1. The summed E-state index contributed by atoms with van der Waals surface area (Å²) in [4.78, 5) is 11.9. The molecule has 0 atom stereocenters. The molecule has 0 aliphatic carbocycles. The van der Waals surface area contributed by atoms with Crippen molar-refractivity contribution in [3.05, 3.63) is 57.6 Å². The standard InChI is InChI=1S/C18H14Cl2O4S/c1-25(22,23)16-3-2-11(6-12-4-5-24-18(12)21)17(10-16)13-7-14(19)9-15(20)8-13/h2-3,6-10H,4-5H2,1H3/b12-6-. The fraction of sp³-hybridized carbons (Fsp3) is 0.167. The molecule has 25 heavy (non-hydrogen) atoms. The lowest BCUT2D eigenvalue weighted by atomic mass is 9.97.